The Bertz CT molecular complexity index is 340. The minimum Gasteiger partial charge on any atom is -0.361 e. The van der Waals surface area contributed by atoms with Crippen LogP contribution in [0.25, 0.3) is 0 Å². The molecular formula is C15H21N. The molecular weight excluding hydrogens is 194 g/mol. The Morgan fingerprint density at radius 1 is 0.875 bits per heavy atom. The van der Waals surface area contributed by atoms with E-state index in [9.17, 15) is 0 Å². The van der Waals surface area contributed by atoms with Crippen LogP contribution in [0.4, 0.5) is 5.69 Å². The smallest absolute Gasteiger partial charge is 0.0497 e. The van der Waals surface area contributed by atoms with Crippen molar-refractivity contribution in [1.82, 2.24) is 0 Å². The van der Waals surface area contributed by atoms with Gasteiger partial charge in [-0.1, -0.05) is 43.4 Å². The molecule has 86 valence electrons. The van der Waals surface area contributed by atoms with E-state index in [-0.39, 0.29) is 0 Å². The van der Waals surface area contributed by atoms with Gasteiger partial charge in [-0.05, 0) is 31.9 Å². The first kappa shape index (κ1) is 10.2. The molecule has 1 heterocycles. The molecule has 0 N–H and O–H groups in total. The summed E-state index contributed by atoms with van der Waals surface area (Å²) in [6.07, 6.45) is 8.60. The van der Waals surface area contributed by atoms with Gasteiger partial charge in [0.1, 0.15) is 0 Å². The molecule has 0 bridgehead atoms. The van der Waals surface area contributed by atoms with E-state index < -0.39 is 0 Å². The largest absolute Gasteiger partial charge is 0.361 e. The van der Waals surface area contributed by atoms with E-state index in [0.717, 1.165) is 12.1 Å². The number of hydrogen-bond acceptors (Lipinski definition) is 1. The van der Waals surface area contributed by atoms with Crippen LogP contribution < -0.4 is 4.90 Å². The summed E-state index contributed by atoms with van der Waals surface area (Å²) in [6, 6.07) is 10.8. The summed E-state index contributed by atoms with van der Waals surface area (Å²) >= 11 is 0. The van der Waals surface area contributed by atoms with E-state index in [1.54, 1.807) is 0 Å². The molecule has 1 aliphatic carbocycles. The molecule has 0 radical (unpaired) electrons. The molecule has 2 unspecified atom stereocenters. The van der Waals surface area contributed by atoms with Gasteiger partial charge in [-0.2, -0.15) is 0 Å². The summed E-state index contributed by atoms with van der Waals surface area (Å²) in [5.41, 5.74) is 2.81. The normalized spacial score (nSPS) is 29.2. The van der Waals surface area contributed by atoms with Gasteiger partial charge in [-0.15, -0.1) is 0 Å². The first-order chi connectivity index (χ1) is 7.86. The zero-order valence-corrected chi connectivity index (χ0v) is 10.2. The number of fused-ring (bicyclic) bond motifs is 1. The van der Waals surface area contributed by atoms with Crippen LogP contribution in [0.1, 0.15) is 44.1 Å². The number of nitrogens with zero attached hydrogens (tertiary/aromatic N) is 1. The molecule has 1 aliphatic heterocycles. The molecule has 1 aromatic rings. The van der Waals surface area contributed by atoms with Crippen molar-refractivity contribution in [2.75, 3.05) is 4.90 Å². The summed E-state index contributed by atoms with van der Waals surface area (Å²) in [5, 5.41) is 0. The SMILES string of the molecule is Cc1ccc(N2C3CCCCCCC32)cc1. The van der Waals surface area contributed by atoms with E-state index in [4.69, 9.17) is 0 Å². The quantitative estimate of drug-likeness (QED) is 0.642. The van der Waals surface area contributed by atoms with E-state index in [1.165, 1.54) is 49.8 Å². The van der Waals surface area contributed by atoms with Gasteiger partial charge < -0.3 is 4.90 Å². The van der Waals surface area contributed by atoms with Gasteiger partial charge >= 0.3 is 0 Å². The molecule has 0 aromatic heterocycles. The molecule has 0 spiro atoms. The van der Waals surface area contributed by atoms with E-state index in [2.05, 4.69) is 36.1 Å². The second-order valence-corrected chi connectivity index (χ2v) is 5.37. The van der Waals surface area contributed by atoms with Gasteiger partial charge in [-0.25, -0.2) is 0 Å². The van der Waals surface area contributed by atoms with E-state index >= 15 is 0 Å². The van der Waals surface area contributed by atoms with Crippen LogP contribution in [0.3, 0.4) is 0 Å². The lowest BCUT2D eigenvalue weighted by Gasteiger charge is -2.06. The van der Waals surface area contributed by atoms with Crippen molar-refractivity contribution >= 4 is 5.69 Å². The fourth-order valence-corrected chi connectivity index (χ4v) is 3.16. The van der Waals surface area contributed by atoms with Crippen molar-refractivity contribution in [1.29, 1.82) is 0 Å². The zero-order chi connectivity index (χ0) is 11.0. The van der Waals surface area contributed by atoms with Gasteiger partial charge in [-0.3, -0.25) is 0 Å². The molecule has 1 heteroatoms. The molecule has 1 aromatic carbocycles. The molecule has 1 nitrogen and oxygen atoms in total. The maximum Gasteiger partial charge on any atom is 0.0497 e. The second kappa shape index (κ2) is 4.12. The minimum atomic E-state index is 0.864. The van der Waals surface area contributed by atoms with Crippen LogP contribution in [0.15, 0.2) is 24.3 Å². The van der Waals surface area contributed by atoms with Crippen molar-refractivity contribution in [2.45, 2.75) is 57.5 Å². The summed E-state index contributed by atoms with van der Waals surface area (Å²) < 4.78 is 0. The lowest BCUT2D eigenvalue weighted by molar-refractivity contribution is 0.551. The molecule has 2 atom stereocenters. The predicted molar refractivity (Wildman–Crippen MR) is 68.9 cm³/mol. The summed E-state index contributed by atoms with van der Waals surface area (Å²) in [7, 11) is 0. The highest BCUT2D eigenvalue weighted by Gasteiger charge is 2.46. The Balaban J connectivity index is 1.74. The Kier molecular flexibility index (Phi) is 2.62. The van der Waals surface area contributed by atoms with Gasteiger partial charge in [0.15, 0.2) is 0 Å². The first-order valence-corrected chi connectivity index (χ1v) is 6.71. The van der Waals surface area contributed by atoms with Gasteiger partial charge in [0.2, 0.25) is 0 Å². The molecule has 2 aliphatic rings. The van der Waals surface area contributed by atoms with E-state index in [0.29, 0.717) is 0 Å². The molecule has 2 fully saturated rings. The zero-order valence-electron chi connectivity index (χ0n) is 10.2. The van der Waals surface area contributed by atoms with Crippen molar-refractivity contribution in [3.8, 4) is 0 Å². The first-order valence-electron chi connectivity index (χ1n) is 6.71. The second-order valence-electron chi connectivity index (χ2n) is 5.37. The maximum atomic E-state index is 2.64. The third-order valence-electron chi connectivity index (χ3n) is 4.15. The monoisotopic (exact) mass is 215 g/mol. The van der Waals surface area contributed by atoms with Crippen molar-refractivity contribution in [3.05, 3.63) is 29.8 Å². The molecule has 3 rings (SSSR count). The van der Waals surface area contributed by atoms with Crippen LogP contribution in [0.2, 0.25) is 0 Å². The van der Waals surface area contributed by atoms with Crippen LogP contribution in [0, 0.1) is 6.92 Å². The van der Waals surface area contributed by atoms with Crippen molar-refractivity contribution in [3.63, 3.8) is 0 Å². The topological polar surface area (TPSA) is 3.01 Å². The number of hydrogen-bond donors (Lipinski definition) is 0. The third kappa shape index (κ3) is 1.83. The molecule has 16 heavy (non-hydrogen) atoms. The average Bonchev–Trinajstić information content (AvgIpc) is 2.90. The average molecular weight is 215 g/mol. The Labute approximate surface area is 98.5 Å². The van der Waals surface area contributed by atoms with Gasteiger partial charge in [0.05, 0.1) is 0 Å². The molecule has 1 saturated heterocycles. The fraction of sp³-hybridized carbons (Fsp3) is 0.600. The van der Waals surface area contributed by atoms with Crippen LogP contribution in [-0.4, -0.2) is 12.1 Å². The standard InChI is InChI=1S/C15H21N/c1-12-8-10-13(11-9-12)16-14-6-4-2-3-5-7-15(14)16/h8-11,14-15H,2-7H2,1H3. The third-order valence-corrected chi connectivity index (χ3v) is 4.15. The summed E-state index contributed by atoms with van der Waals surface area (Å²) in [6.45, 7) is 2.16. The lowest BCUT2D eigenvalue weighted by atomic mass is 10.0. The molecule has 1 saturated carbocycles. The number of aryl methyl sites for hydroxylation is 1. The minimum absolute atomic E-state index is 0.864. The highest BCUT2D eigenvalue weighted by Crippen LogP contribution is 2.42. The maximum absolute atomic E-state index is 2.64. The van der Waals surface area contributed by atoms with Crippen molar-refractivity contribution in [2.24, 2.45) is 0 Å². The van der Waals surface area contributed by atoms with E-state index in [1.807, 2.05) is 0 Å². The molecule has 0 amide bonds. The predicted octanol–water partition coefficient (Wildman–Crippen LogP) is 3.91. The number of benzene rings is 1. The number of rotatable bonds is 1. The highest BCUT2D eigenvalue weighted by molar-refractivity contribution is 5.57. The lowest BCUT2D eigenvalue weighted by Crippen LogP contribution is -1.99. The fourth-order valence-electron chi connectivity index (χ4n) is 3.16. The van der Waals surface area contributed by atoms with Crippen LogP contribution in [-0.2, 0) is 0 Å². The van der Waals surface area contributed by atoms with Crippen molar-refractivity contribution < 1.29 is 0 Å². The van der Waals surface area contributed by atoms with Crippen LogP contribution >= 0.6 is 0 Å². The Hall–Kier alpha value is -0.980. The van der Waals surface area contributed by atoms with Gasteiger partial charge in [0, 0.05) is 17.8 Å². The Morgan fingerprint density at radius 2 is 1.44 bits per heavy atom. The van der Waals surface area contributed by atoms with Gasteiger partial charge in [0.25, 0.3) is 0 Å². The summed E-state index contributed by atoms with van der Waals surface area (Å²) in [5.74, 6) is 0. The summed E-state index contributed by atoms with van der Waals surface area (Å²) in [4.78, 5) is 2.64. The van der Waals surface area contributed by atoms with Crippen LogP contribution in [0.5, 0.6) is 0 Å². The highest BCUT2D eigenvalue weighted by atomic mass is 15.4. The Morgan fingerprint density at radius 3 is 2.00 bits per heavy atom. The number of anilines is 1.